The van der Waals surface area contributed by atoms with Crippen LogP contribution < -0.4 is 5.43 Å². The highest BCUT2D eigenvalue weighted by Gasteiger charge is 2.17. The van der Waals surface area contributed by atoms with Crippen LogP contribution in [0.5, 0.6) is 0 Å². The molecule has 2 heteroatoms. The number of rotatable bonds is 4. The third kappa shape index (κ3) is 3.42. The summed E-state index contributed by atoms with van der Waals surface area (Å²) in [6.45, 7) is 6.42. The van der Waals surface area contributed by atoms with Crippen molar-refractivity contribution in [3.63, 3.8) is 0 Å². The highest BCUT2D eigenvalue weighted by Crippen LogP contribution is 2.34. The van der Waals surface area contributed by atoms with E-state index in [0.29, 0.717) is 5.92 Å². The van der Waals surface area contributed by atoms with Gasteiger partial charge < -0.3 is 0 Å². The van der Waals surface area contributed by atoms with E-state index >= 15 is 0 Å². The largest absolute Gasteiger partial charge is 0.278 e. The van der Waals surface area contributed by atoms with Crippen LogP contribution in [0.4, 0.5) is 5.69 Å². The second-order valence-electron chi connectivity index (χ2n) is 6.09. The van der Waals surface area contributed by atoms with E-state index in [4.69, 9.17) is 0 Å². The molecule has 1 N–H and O–H groups in total. The molecule has 0 saturated heterocycles. The van der Waals surface area contributed by atoms with Gasteiger partial charge in [-0.2, -0.15) is 5.10 Å². The number of anilines is 1. The molecular weight excluding hydrogens is 280 g/mol. The number of aryl methyl sites for hydroxylation is 1. The molecule has 2 aromatic carbocycles. The average Bonchev–Trinajstić information content (AvgIpc) is 2.88. The molecule has 0 heterocycles. The number of hydrogen-bond acceptors (Lipinski definition) is 2. The zero-order chi connectivity index (χ0) is 16.2. The number of nitrogens with one attached hydrogen (secondary N) is 1. The summed E-state index contributed by atoms with van der Waals surface area (Å²) >= 11 is 0. The maximum absolute atomic E-state index is 4.43. The van der Waals surface area contributed by atoms with E-state index < -0.39 is 0 Å². The van der Waals surface area contributed by atoms with Crippen molar-refractivity contribution >= 4 is 11.9 Å². The van der Waals surface area contributed by atoms with Gasteiger partial charge in [0.05, 0.1) is 11.9 Å². The Morgan fingerprint density at radius 2 is 1.70 bits per heavy atom. The molecule has 0 bridgehead atoms. The topological polar surface area (TPSA) is 24.4 Å². The first-order valence-corrected chi connectivity index (χ1v) is 7.95. The Morgan fingerprint density at radius 1 is 0.957 bits per heavy atom. The van der Waals surface area contributed by atoms with Crippen LogP contribution in [0.15, 0.2) is 76.9 Å². The van der Waals surface area contributed by atoms with Gasteiger partial charge >= 0.3 is 0 Å². The lowest BCUT2D eigenvalue weighted by molar-refractivity contribution is 1.01. The summed E-state index contributed by atoms with van der Waals surface area (Å²) < 4.78 is 0. The lowest BCUT2D eigenvalue weighted by Gasteiger charge is -2.13. The van der Waals surface area contributed by atoms with Crippen LogP contribution in [-0.2, 0) is 0 Å². The number of hydrazone groups is 1. The molecule has 0 fully saturated rings. The van der Waals surface area contributed by atoms with Gasteiger partial charge in [0.1, 0.15) is 0 Å². The maximum atomic E-state index is 4.43. The van der Waals surface area contributed by atoms with Crippen LogP contribution >= 0.6 is 0 Å². The van der Waals surface area contributed by atoms with Crippen LogP contribution in [0, 0.1) is 6.92 Å². The van der Waals surface area contributed by atoms with Gasteiger partial charge in [-0.05, 0) is 43.5 Å². The minimum Gasteiger partial charge on any atom is -0.278 e. The van der Waals surface area contributed by atoms with Crippen molar-refractivity contribution in [3.05, 3.63) is 88.5 Å². The molecule has 0 spiro atoms. The molecule has 3 rings (SSSR count). The van der Waals surface area contributed by atoms with Gasteiger partial charge in [0, 0.05) is 5.92 Å². The van der Waals surface area contributed by atoms with Gasteiger partial charge in [-0.3, -0.25) is 5.43 Å². The van der Waals surface area contributed by atoms with Gasteiger partial charge in [-0.25, -0.2) is 0 Å². The second-order valence-corrected chi connectivity index (χ2v) is 6.09. The Bertz CT molecular complexity index is 797. The van der Waals surface area contributed by atoms with Gasteiger partial charge in [-0.1, -0.05) is 65.8 Å². The van der Waals surface area contributed by atoms with Crippen LogP contribution in [-0.4, -0.2) is 6.21 Å². The molecular formula is C21H22N2. The number of hydrogen-bond donors (Lipinski definition) is 1. The first-order valence-electron chi connectivity index (χ1n) is 7.95. The normalized spacial score (nSPS) is 17.3. The molecule has 0 aromatic heterocycles. The zero-order valence-corrected chi connectivity index (χ0v) is 13.9. The summed E-state index contributed by atoms with van der Waals surface area (Å²) in [4.78, 5) is 0. The summed E-state index contributed by atoms with van der Waals surface area (Å²) in [5.74, 6) is 0.358. The third-order valence-corrected chi connectivity index (χ3v) is 4.24. The second kappa shape index (κ2) is 6.66. The molecule has 1 unspecified atom stereocenters. The number of para-hydroxylation sites is 1. The Balaban J connectivity index is 1.83. The monoisotopic (exact) mass is 302 g/mol. The number of benzene rings is 2. The molecule has 1 aliphatic rings. The lowest BCUT2D eigenvalue weighted by atomic mass is 9.91. The Hall–Kier alpha value is -2.61. The van der Waals surface area contributed by atoms with Crippen molar-refractivity contribution < 1.29 is 0 Å². The number of allylic oxidation sites excluding steroid dienone is 4. The molecule has 0 aliphatic heterocycles. The van der Waals surface area contributed by atoms with Crippen molar-refractivity contribution in [2.45, 2.75) is 26.7 Å². The fourth-order valence-electron chi connectivity index (χ4n) is 3.01. The fraction of sp³-hybridized carbons (Fsp3) is 0.190. The van der Waals surface area contributed by atoms with E-state index in [2.05, 4.69) is 73.8 Å². The van der Waals surface area contributed by atoms with E-state index in [9.17, 15) is 0 Å². The first-order chi connectivity index (χ1) is 11.1. The van der Waals surface area contributed by atoms with Crippen LogP contribution in [0.25, 0.3) is 0 Å². The molecule has 2 nitrogen and oxygen atoms in total. The van der Waals surface area contributed by atoms with Crippen LogP contribution in [0.2, 0.25) is 0 Å². The highest BCUT2D eigenvalue weighted by atomic mass is 15.3. The smallest absolute Gasteiger partial charge is 0.0590 e. The SMILES string of the molecule is CC1=CC(c2ccccc2C=NNc2ccccc2C)C(C)=C1. The number of nitrogens with zero attached hydrogens (tertiary/aromatic N) is 1. The summed E-state index contributed by atoms with van der Waals surface area (Å²) in [7, 11) is 0. The Morgan fingerprint density at radius 3 is 2.43 bits per heavy atom. The predicted octanol–water partition coefficient (Wildman–Crippen LogP) is 5.43. The molecule has 1 aliphatic carbocycles. The van der Waals surface area contributed by atoms with E-state index in [1.807, 2.05) is 24.4 Å². The minimum atomic E-state index is 0.358. The van der Waals surface area contributed by atoms with Gasteiger partial charge in [-0.15, -0.1) is 0 Å². The molecule has 0 radical (unpaired) electrons. The Labute approximate surface area is 138 Å². The molecule has 0 amide bonds. The maximum Gasteiger partial charge on any atom is 0.0590 e. The fourth-order valence-corrected chi connectivity index (χ4v) is 3.01. The van der Waals surface area contributed by atoms with Crippen molar-refractivity contribution in [2.24, 2.45) is 5.10 Å². The first kappa shape index (κ1) is 15.3. The average molecular weight is 302 g/mol. The van der Waals surface area contributed by atoms with Gasteiger partial charge in [0.25, 0.3) is 0 Å². The van der Waals surface area contributed by atoms with E-state index in [-0.39, 0.29) is 0 Å². The summed E-state index contributed by atoms with van der Waals surface area (Å²) in [5, 5.41) is 4.43. The van der Waals surface area contributed by atoms with Crippen molar-refractivity contribution in [1.29, 1.82) is 0 Å². The molecule has 1 atom stereocenters. The summed E-state index contributed by atoms with van der Waals surface area (Å²) in [6, 6.07) is 16.6. The van der Waals surface area contributed by atoms with Crippen molar-refractivity contribution in [3.8, 4) is 0 Å². The van der Waals surface area contributed by atoms with Gasteiger partial charge in [0.2, 0.25) is 0 Å². The van der Waals surface area contributed by atoms with E-state index in [0.717, 1.165) is 11.3 Å². The summed E-state index contributed by atoms with van der Waals surface area (Å²) in [5.41, 5.74) is 10.5. The van der Waals surface area contributed by atoms with Crippen LogP contribution in [0.3, 0.4) is 0 Å². The van der Waals surface area contributed by atoms with E-state index in [1.54, 1.807) is 0 Å². The zero-order valence-electron chi connectivity index (χ0n) is 13.9. The quantitative estimate of drug-likeness (QED) is 0.591. The van der Waals surface area contributed by atoms with E-state index in [1.165, 1.54) is 22.3 Å². The van der Waals surface area contributed by atoms with Crippen LogP contribution in [0.1, 0.15) is 36.5 Å². The highest BCUT2D eigenvalue weighted by molar-refractivity contribution is 5.83. The molecule has 0 saturated carbocycles. The third-order valence-electron chi connectivity index (χ3n) is 4.24. The summed E-state index contributed by atoms with van der Waals surface area (Å²) in [6.07, 6.45) is 6.48. The molecule has 23 heavy (non-hydrogen) atoms. The Kier molecular flexibility index (Phi) is 4.42. The van der Waals surface area contributed by atoms with Crippen molar-refractivity contribution in [1.82, 2.24) is 0 Å². The predicted molar refractivity (Wildman–Crippen MR) is 99.1 cm³/mol. The molecule has 2 aromatic rings. The lowest BCUT2D eigenvalue weighted by Crippen LogP contribution is -2.01. The van der Waals surface area contributed by atoms with Crippen molar-refractivity contribution in [2.75, 3.05) is 5.43 Å². The standard InChI is InChI=1S/C21H22N2/c1-15-12-17(3)20(13-15)19-10-6-5-9-18(19)14-22-23-21-11-7-4-8-16(21)2/h4-14,20,23H,1-3H3. The minimum absolute atomic E-state index is 0.358. The molecule has 116 valence electrons. The van der Waals surface area contributed by atoms with Gasteiger partial charge in [0.15, 0.2) is 0 Å².